The molecule has 0 saturated heterocycles. The van der Waals surface area contributed by atoms with E-state index in [9.17, 15) is 13.5 Å². The van der Waals surface area contributed by atoms with Crippen molar-refractivity contribution >= 4 is 33.8 Å². The van der Waals surface area contributed by atoms with Crippen LogP contribution in [0.25, 0.3) is 12.2 Å². The first-order valence-corrected chi connectivity index (χ1v) is 21.9. The van der Waals surface area contributed by atoms with Crippen molar-refractivity contribution in [3.8, 4) is 0 Å². The Morgan fingerprint density at radius 3 is 1.32 bits per heavy atom. The van der Waals surface area contributed by atoms with Crippen molar-refractivity contribution in [1.29, 1.82) is 0 Å². The molecular formula is C42H68O3S2. The van der Waals surface area contributed by atoms with Gasteiger partial charge >= 0.3 is 0 Å². The van der Waals surface area contributed by atoms with E-state index < -0.39 is 15.3 Å². The van der Waals surface area contributed by atoms with E-state index in [0.717, 1.165) is 30.4 Å². The molecule has 266 valence electrons. The lowest BCUT2D eigenvalue weighted by atomic mass is 10.0. The number of hydrogen-bond donors (Lipinski definition) is 1. The minimum atomic E-state index is -3.73. The molecule has 1 atom stereocenters. The first kappa shape index (κ1) is 41.6. The van der Waals surface area contributed by atoms with Gasteiger partial charge in [-0.15, -0.1) is 11.8 Å². The van der Waals surface area contributed by atoms with Crippen LogP contribution in [0.15, 0.2) is 58.3 Å². The number of unbranched alkanes of at least 4 members (excludes halogenated alkanes) is 21. The highest BCUT2D eigenvalue weighted by molar-refractivity contribution is 7.99. The van der Waals surface area contributed by atoms with Crippen molar-refractivity contribution in [3.05, 3.63) is 59.7 Å². The summed E-state index contributed by atoms with van der Waals surface area (Å²) in [6.07, 6.45) is 34.4. The summed E-state index contributed by atoms with van der Waals surface area (Å²) in [5.41, 5.74) is 0.728. The first-order chi connectivity index (χ1) is 23.0. The number of aliphatic hydroxyl groups excluding tert-OH is 1. The molecule has 0 heterocycles. The Morgan fingerprint density at radius 2 is 0.894 bits per heavy atom. The highest BCUT2D eigenvalue weighted by atomic mass is 32.2. The Bertz CT molecular complexity index is 1140. The van der Waals surface area contributed by atoms with Crippen LogP contribution in [-0.4, -0.2) is 24.7 Å². The summed E-state index contributed by atoms with van der Waals surface area (Å²) in [5.74, 6) is 1.18. The minimum absolute atomic E-state index is 0.193. The number of sulfone groups is 1. The largest absolute Gasteiger partial charge is 0.377 e. The molecule has 1 N–H and O–H groups in total. The zero-order chi connectivity index (χ0) is 33.8. The fourth-order valence-electron chi connectivity index (χ4n) is 6.06. The van der Waals surface area contributed by atoms with Gasteiger partial charge in [0, 0.05) is 4.90 Å². The van der Waals surface area contributed by atoms with Crippen LogP contribution >= 0.6 is 11.8 Å². The Kier molecular flexibility index (Phi) is 24.2. The summed E-state index contributed by atoms with van der Waals surface area (Å²) in [6, 6.07) is 15.5. The van der Waals surface area contributed by atoms with Crippen molar-refractivity contribution in [1.82, 2.24) is 0 Å². The van der Waals surface area contributed by atoms with Crippen molar-refractivity contribution in [2.45, 2.75) is 183 Å². The molecule has 2 rings (SSSR count). The number of rotatable bonds is 30. The molecule has 3 nitrogen and oxygen atoms in total. The lowest BCUT2D eigenvalue weighted by molar-refractivity contribution is 0.233. The predicted octanol–water partition coefficient (Wildman–Crippen LogP) is 13.4. The van der Waals surface area contributed by atoms with Gasteiger partial charge in [-0.2, -0.15) is 0 Å². The van der Waals surface area contributed by atoms with Crippen LogP contribution in [0.4, 0.5) is 0 Å². The van der Waals surface area contributed by atoms with E-state index in [1.165, 1.54) is 139 Å². The second-order valence-corrected chi connectivity index (χ2v) is 16.8. The fraction of sp³-hybridized carbons (Fsp3) is 0.667. The monoisotopic (exact) mass is 684 g/mol. The van der Waals surface area contributed by atoms with Crippen LogP contribution in [-0.2, 0) is 9.84 Å². The van der Waals surface area contributed by atoms with Gasteiger partial charge in [-0.05, 0) is 60.4 Å². The molecule has 0 spiro atoms. The molecule has 5 heteroatoms. The number of benzene rings is 2. The van der Waals surface area contributed by atoms with Crippen molar-refractivity contribution < 1.29 is 13.5 Å². The van der Waals surface area contributed by atoms with E-state index in [-0.39, 0.29) is 4.90 Å². The summed E-state index contributed by atoms with van der Waals surface area (Å²) in [7, 11) is -3.73. The number of aliphatic hydroxyl groups is 1. The molecule has 0 radical (unpaired) electrons. The zero-order valence-corrected chi connectivity index (χ0v) is 31.7. The second-order valence-electron chi connectivity index (χ2n) is 13.5. The molecule has 1 unspecified atom stereocenters. The topological polar surface area (TPSA) is 54.4 Å². The Labute approximate surface area is 294 Å². The molecule has 2 aromatic carbocycles. The van der Waals surface area contributed by atoms with Gasteiger partial charge in [0.05, 0.1) is 4.90 Å². The maximum Gasteiger partial charge on any atom is 0.204 e. The van der Waals surface area contributed by atoms with Crippen LogP contribution in [0.5, 0.6) is 0 Å². The predicted molar refractivity (Wildman–Crippen MR) is 208 cm³/mol. The van der Waals surface area contributed by atoms with Gasteiger partial charge in [-0.1, -0.05) is 185 Å². The SMILES string of the molecule is CCCCCCCCCCCCCCCCSc1ccc(C=Cc2ccc(S(=O)(=O)C(O)CCCCCCCCCCC)cc2)cc1. The Morgan fingerprint density at radius 1 is 0.532 bits per heavy atom. The lowest BCUT2D eigenvalue weighted by Gasteiger charge is -2.12. The van der Waals surface area contributed by atoms with Crippen molar-refractivity contribution in [2.24, 2.45) is 0 Å². The maximum absolute atomic E-state index is 12.9. The normalized spacial score (nSPS) is 12.7. The molecule has 0 aliphatic heterocycles. The summed E-state index contributed by atoms with van der Waals surface area (Å²) in [6.45, 7) is 4.51. The molecule has 0 saturated carbocycles. The van der Waals surface area contributed by atoms with Crippen LogP contribution in [0.2, 0.25) is 0 Å². The van der Waals surface area contributed by atoms with Gasteiger partial charge in [0.25, 0.3) is 0 Å². The van der Waals surface area contributed by atoms with E-state index in [1.54, 1.807) is 12.1 Å². The third-order valence-electron chi connectivity index (χ3n) is 9.24. The second kappa shape index (κ2) is 27.3. The van der Waals surface area contributed by atoms with Gasteiger partial charge in [-0.3, -0.25) is 0 Å². The summed E-state index contributed by atoms with van der Waals surface area (Å²) >= 11 is 1.94. The van der Waals surface area contributed by atoms with Gasteiger partial charge in [0.15, 0.2) is 5.44 Å². The Hall–Kier alpha value is -1.56. The standard InChI is InChI=1S/C42H68O3S2/c1-3-5-7-9-11-13-14-15-16-17-19-21-23-25-37-46-40-33-29-38(30-34-40)27-28-39-31-35-41(36-32-39)47(44,45)42(43)26-24-22-20-18-12-10-8-6-4-2/h27-36,42-43H,3-26,37H2,1-2H3. The highest BCUT2D eigenvalue weighted by Gasteiger charge is 2.24. The molecular weight excluding hydrogens is 617 g/mol. The number of hydrogen-bond acceptors (Lipinski definition) is 4. The van der Waals surface area contributed by atoms with Crippen LogP contribution in [0.1, 0.15) is 179 Å². The fourth-order valence-corrected chi connectivity index (χ4v) is 8.28. The average molecular weight is 685 g/mol. The van der Waals surface area contributed by atoms with Gasteiger partial charge in [0.2, 0.25) is 9.84 Å². The third kappa shape index (κ3) is 19.9. The van der Waals surface area contributed by atoms with Crippen LogP contribution in [0, 0.1) is 0 Å². The van der Waals surface area contributed by atoms with Crippen molar-refractivity contribution in [2.75, 3.05) is 5.75 Å². The quantitative estimate of drug-likeness (QED) is 0.0505. The summed E-state index contributed by atoms with van der Waals surface area (Å²) in [4.78, 5) is 1.51. The molecule has 47 heavy (non-hydrogen) atoms. The Balaban J connectivity index is 1.57. The lowest BCUT2D eigenvalue weighted by Crippen LogP contribution is -2.20. The first-order valence-electron chi connectivity index (χ1n) is 19.4. The minimum Gasteiger partial charge on any atom is -0.377 e. The molecule has 0 aliphatic rings. The van der Waals surface area contributed by atoms with Gasteiger partial charge < -0.3 is 5.11 Å². The third-order valence-corrected chi connectivity index (χ3v) is 12.2. The van der Waals surface area contributed by atoms with E-state index in [1.807, 2.05) is 30.0 Å². The summed E-state index contributed by atoms with van der Waals surface area (Å²) in [5, 5.41) is 10.4. The highest BCUT2D eigenvalue weighted by Crippen LogP contribution is 2.23. The molecule has 0 fully saturated rings. The summed E-state index contributed by atoms with van der Waals surface area (Å²) < 4.78 is 25.7. The van der Waals surface area contributed by atoms with Crippen LogP contribution in [0.3, 0.4) is 0 Å². The molecule has 0 bridgehead atoms. The van der Waals surface area contributed by atoms with Crippen molar-refractivity contribution in [3.63, 3.8) is 0 Å². The molecule has 0 aromatic heterocycles. The molecule has 0 amide bonds. The van der Waals surface area contributed by atoms with E-state index in [0.29, 0.717) is 6.42 Å². The van der Waals surface area contributed by atoms with Gasteiger partial charge in [-0.25, -0.2) is 8.42 Å². The zero-order valence-electron chi connectivity index (χ0n) is 30.1. The van der Waals surface area contributed by atoms with E-state index in [4.69, 9.17) is 0 Å². The van der Waals surface area contributed by atoms with Gasteiger partial charge in [0.1, 0.15) is 0 Å². The average Bonchev–Trinajstić information content (AvgIpc) is 3.09. The molecule has 2 aromatic rings. The maximum atomic E-state index is 12.9. The number of thioether (sulfide) groups is 1. The van der Waals surface area contributed by atoms with Crippen LogP contribution < -0.4 is 0 Å². The van der Waals surface area contributed by atoms with E-state index in [2.05, 4.69) is 44.2 Å². The van der Waals surface area contributed by atoms with E-state index >= 15 is 0 Å². The molecule has 0 aliphatic carbocycles. The smallest absolute Gasteiger partial charge is 0.204 e.